The summed E-state index contributed by atoms with van der Waals surface area (Å²) in [7, 11) is 3.09. The predicted molar refractivity (Wildman–Crippen MR) is 116 cm³/mol. The monoisotopic (exact) mass is 486 g/mol. The first-order valence-electron chi connectivity index (χ1n) is 9.61. The third-order valence-corrected chi connectivity index (χ3v) is 4.96. The van der Waals surface area contributed by atoms with Crippen LogP contribution in [0.2, 0.25) is 0 Å². The van der Waals surface area contributed by atoms with Crippen LogP contribution in [0.1, 0.15) is 47.1 Å². The molecule has 1 aromatic rings. The molecule has 0 atom stereocenters. The molecule has 0 spiro atoms. The molecule has 0 radical (unpaired) electrons. The Bertz CT molecular complexity index is 807. The summed E-state index contributed by atoms with van der Waals surface area (Å²) in [5, 5.41) is 2.94. The maximum absolute atomic E-state index is 12.6. The fraction of sp³-hybridized carbons (Fsp3) is 0.619. The van der Waals surface area contributed by atoms with Gasteiger partial charge in [-0.25, -0.2) is 9.59 Å². The number of hydrogen-bond donors (Lipinski definition) is 1. The number of alkyl carbamates (subject to hydrolysis) is 1. The maximum Gasteiger partial charge on any atom is 0.410 e. The van der Waals surface area contributed by atoms with Crippen molar-refractivity contribution in [2.24, 2.45) is 0 Å². The lowest BCUT2D eigenvalue weighted by Gasteiger charge is -2.50. The standard InChI is InChI=1S/C21H31BrN2O6/c1-19(2,3)29-17(25)23-21(11-24(12-21)18(26)30-20(4,5)6)13-9-15(27-7)16(28-8)10-14(13)22/h9-10H,11-12H2,1-8H3,(H,23,25). The highest BCUT2D eigenvalue weighted by Gasteiger charge is 2.51. The molecule has 0 bridgehead atoms. The lowest BCUT2D eigenvalue weighted by atomic mass is 9.82. The molecular weight excluding hydrogens is 456 g/mol. The normalized spacial score (nSPS) is 15.7. The number of likely N-dealkylation sites (tertiary alicyclic amines) is 1. The Kier molecular flexibility index (Phi) is 6.85. The van der Waals surface area contributed by atoms with Crippen LogP contribution in [-0.4, -0.2) is 55.6 Å². The zero-order valence-corrected chi connectivity index (χ0v) is 20.4. The highest BCUT2D eigenvalue weighted by molar-refractivity contribution is 9.10. The molecule has 1 N–H and O–H groups in total. The van der Waals surface area contributed by atoms with E-state index in [0.717, 1.165) is 5.56 Å². The van der Waals surface area contributed by atoms with Gasteiger partial charge in [0.25, 0.3) is 0 Å². The van der Waals surface area contributed by atoms with E-state index in [0.29, 0.717) is 16.0 Å². The number of amides is 2. The van der Waals surface area contributed by atoms with Gasteiger partial charge in [-0.15, -0.1) is 0 Å². The number of rotatable bonds is 4. The Labute approximate surface area is 186 Å². The quantitative estimate of drug-likeness (QED) is 0.676. The highest BCUT2D eigenvalue weighted by atomic mass is 79.9. The summed E-state index contributed by atoms with van der Waals surface area (Å²) in [5.41, 5.74) is -1.41. The second-order valence-electron chi connectivity index (χ2n) is 9.23. The molecule has 1 heterocycles. The van der Waals surface area contributed by atoms with Gasteiger partial charge in [0, 0.05) is 4.47 Å². The fourth-order valence-electron chi connectivity index (χ4n) is 3.10. The molecule has 8 nitrogen and oxygen atoms in total. The van der Waals surface area contributed by atoms with Gasteiger partial charge in [0.1, 0.15) is 16.7 Å². The number of nitrogens with zero attached hydrogens (tertiary/aromatic N) is 1. The van der Waals surface area contributed by atoms with E-state index in [-0.39, 0.29) is 13.1 Å². The van der Waals surface area contributed by atoms with Gasteiger partial charge in [-0.3, -0.25) is 0 Å². The number of benzene rings is 1. The molecule has 30 heavy (non-hydrogen) atoms. The van der Waals surface area contributed by atoms with Crippen molar-refractivity contribution in [2.75, 3.05) is 27.3 Å². The van der Waals surface area contributed by atoms with Gasteiger partial charge in [-0.2, -0.15) is 0 Å². The minimum atomic E-state index is -0.877. The van der Waals surface area contributed by atoms with Gasteiger partial charge in [-0.05, 0) is 59.2 Å². The lowest BCUT2D eigenvalue weighted by Crippen LogP contribution is -2.69. The first kappa shape index (κ1) is 24.1. The van der Waals surface area contributed by atoms with E-state index in [2.05, 4.69) is 21.2 Å². The number of hydrogen-bond acceptors (Lipinski definition) is 6. The highest BCUT2D eigenvalue weighted by Crippen LogP contribution is 2.42. The minimum Gasteiger partial charge on any atom is -0.493 e. The van der Waals surface area contributed by atoms with Gasteiger partial charge in [0.05, 0.1) is 27.3 Å². The maximum atomic E-state index is 12.6. The summed E-state index contributed by atoms with van der Waals surface area (Å²) in [4.78, 5) is 26.6. The fourth-order valence-corrected chi connectivity index (χ4v) is 3.80. The van der Waals surface area contributed by atoms with Crippen LogP contribution in [0.5, 0.6) is 11.5 Å². The molecule has 1 aliphatic heterocycles. The number of methoxy groups -OCH3 is 2. The molecular formula is C21H31BrN2O6. The van der Waals surface area contributed by atoms with Crippen molar-refractivity contribution in [2.45, 2.75) is 58.3 Å². The molecule has 1 fully saturated rings. The summed E-state index contributed by atoms with van der Waals surface area (Å²) in [6.07, 6.45) is -1.02. The first-order valence-corrected chi connectivity index (χ1v) is 10.4. The number of nitrogens with one attached hydrogen (secondary N) is 1. The lowest BCUT2D eigenvalue weighted by molar-refractivity contribution is -0.0232. The van der Waals surface area contributed by atoms with Crippen molar-refractivity contribution in [3.8, 4) is 11.5 Å². The predicted octanol–water partition coefficient (Wildman–Crippen LogP) is 4.44. The molecule has 0 aromatic heterocycles. The Hall–Kier alpha value is -2.16. The van der Waals surface area contributed by atoms with E-state index in [1.165, 1.54) is 12.0 Å². The van der Waals surface area contributed by atoms with E-state index in [1.54, 1.807) is 40.0 Å². The van der Waals surface area contributed by atoms with Crippen molar-refractivity contribution < 1.29 is 28.5 Å². The van der Waals surface area contributed by atoms with Crippen molar-refractivity contribution in [1.29, 1.82) is 0 Å². The Balaban J connectivity index is 2.37. The zero-order valence-electron chi connectivity index (χ0n) is 18.8. The van der Waals surface area contributed by atoms with Gasteiger partial charge in [0.2, 0.25) is 0 Å². The molecule has 1 aromatic carbocycles. The van der Waals surface area contributed by atoms with E-state index in [1.807, 2.05) is 20.8 Å². The third kappa shape index (κ3) is 5.71. The van der Waals surface area contributed by atoms with Crippen LogP contribution in [0.15, 0.2) is 16.6 Å². The average Bonchev–Trinajstić information content (AvgIpc) is 2.54. The van der Waals surface area contributed by atoms with Crippen molar-refractivity contribution in [3.63, 3.8) is 0 Å². The number of carbonyl (C=O) groups excluding carboxylic acids is 2. The van der Waals surface area contributed by atoms with E-state index in [4.69, 9.17) is 18.9 Å². The van der Waals surface area contributed by atoms with Gasteiger partial charge < -0.3 is 29.2 Å². The summed E-state index contributed by atoms with van der Waals surface area (Å²) in [5.74, 6) is 1.06. The van der Waals surface area contributed by atoms with E-state index >= 15 is 0 Å². The summed E-state index contributed by atoms with van der Waals surface area (Å²) >= 11 is 3.56. The Morgan fingerprint density at radius 3 is 1.93 bits per heavy atom. The van der Waals surface area contributed by atoms with Crippen LogP contribution in [-0.2, 0) is 15.0 Å². The van der Waals surface area contributed by atoms with Crippen molar-refractivity contribution in [3.05, 3.63) is 22.2 Å². The summed E-state index contributed by atoms with van der Waals surface area (Å²) in [6, 6.07) is 3.55. The smallest absolute Gasteiger partial charge is 0.410 e. The first-order chi connectivity index (χ1) is 13.7. The Morgan fingerprint density at radius 1 is 0.967 bits per heavy atom. The molecule has 2 rings (SSSR count). The number of ether oxygens (including phenoxy) is 4. The molecule has 0 saturated carbocycles. The average molecular weight is 487 g/mol. The van der Waals surface area contributed by atoms with Crippen molar-refractivity contribution in [1.82, 2.24) is 10.2 Å². The van der Waals surface area contributed by atoms with Crippen LogP contribution in [0.3, 0.4) is 0 Å². The number of carbonyl (C=O) groups is 2. The van der Waals surface area contributed by atoms with Gasteiger partial charge >= 0.3 is 12.2 Å². The van der Waals surface area contributed by atoms with Crippen LogP contribution < -0.4 is 14.8 Å². The topological polar surface area (TPSA) is 86.3 Å². The largest absolute Gasteiger partial charge is 0.493 e. The second-order valence-corrected chi connectivity index (χ2v) is 10.1. The summed E-state index contributed by atoms with van der Waals surface area (Å²) in [6.45, 7) is 11.2. The van der Waals surface area contributed by atoms with Crippen molar-refractivity contribution >= 4 is 28.1 Å². The zero-order chi connectivity index (χ0) is 22.9. The van der Waals surface area contributed by atoms with Crippen LogP contribution >= 0.6 is 15.9 Å². The van der Waals surface area contributed by atoms with Crippen LogP contribution in [0, 0.1) is 0 Å². The molecule has 1 aliphatic rings. The van der Waals surface area contributed by atoms with Gasteiger partial charge in [0.15, 0.2) is 11.5 Å². The molecule has 168 valence electrons. The molecule has 2 amide bonds. The summed E-state index contributed by atoms with van der Waals surface area (Å²) < 4.78 is 22.4. The van der Waals surface area contributed by atoms with Crippen LogP contribution in [0.4, 0.5) is 9.59 Å². The van der Waals surface area contributed by atoms with Crippen LogP contribution in [0.25, 0.3) is 0 Å². The van der Waals surface area contributed by atoms with E-state index in [9.17, 15) is 9.59 Å². The number of halogens is 1. The minimum absolute atomic E-state index is 0.217. The third-order valence-electron chi connectivity index (χ3n) is 4.30. The molecule has 9 heteroatoms. The molecule has 1 saturated heterocycles. The SMILES string of the molecule is COc1cc(Br)c(C2(NC(=O)OC(C)(C)C)CN(C(=O)OC(C)(C)C)C2)cc1OC. The second kappa shape index (κ2) is 8.53. The van der Waals surface area contributed by atoms with Gasteiger partial charge in [-0.1, -0.05) is 15.9 Å². The molecule has 0 unspecified atom stereocenters. The molecule has 0 aliphatic carbocycles. The van der Waals surface area contributed by atoms with E-state index < -0.39 is 28.9 Å². The Morgan fingerprint density at radius 2 is 1.47 bits per heavy atom.